The van der Waals surface area contributed by atoms with E-state index in [2.05, 4.69) is 33.2 Å². The lowest BCUT2D eigenvalue weighted by Gasteiger charge is -2.00. The monoisotopic (exact) mass is 226 g/mol. The molecule has 1 aromatic carbocycles. The molecule has 0 saturated carbocycles. The van der Waals surface area contributed by atoms with Gasteiger partial charge in [0.15, 0.2) is 0 Å². The highest BCUT2D eigenvalue weighted by molar-refractivity contribution is 5.87. The molecule has 0 aliphatic heterocycles. The first-order valence-corrected chi connectivity index (χ1v) is 5.68. The number of H-pyrrole nitrogens is 2. The predicted molar refractivity (Wildman–Crippen MR) is 68.6 cm³/mol. The van der Waals surface area contributed by atoms with Crippen molar-refractivity contribution in [1.29, 1.82) is 0 Å². The average molecular weight is 226 g/mol. The van der Waals surface area contributed by atoms with Crippen LogP contribution in [0.3, 0.4) is 0 Å². The topological polar surface area (TPSA) is 70.5 Å². The first-order valence-electron chi connectivity index (χ1n) is 5.68. The fourth-order valence-corrected chi connectivity index (χ4v) is 2.11. The Morgan fingerprint density at radius 1 is 1.24 bits per heavy atom. The Hall–Kier alpha value is -2.07. The molecule has 17 heavy (non-hydrogen) atoms. The van der Waals surface area contributed by atoms with E-state index in [4.69, 9.17) is 5.73 Å². The van der Waals surface area contributed by atoms with Gasteiger partial charge in [-0.05, 0) is 36.7 Å². The van der Waals surface area contributed by atoms with Crippen LogP contribution in [0.5, 0.6) is 0 Å². The van der Waals surface area contributed by atoms with Crippen LogP contribution in [0.25, 0.3) is 22.3 Å². The van der Waals surface area contributed by atoms with Crippen LogP contribution in [0.15, 0.2) is 36.8 Å². The molecule has 0 bridgehead atoms. The van der Waals surface area contributed by atoms with Gasteiger partial charge in [-0.25, -0.2) is 4.98 Å². The summed E-state index contributed by atoms with van der Waals surface area (Å²) in [5.74, 6) is 0.895. The zero-order valence-electron chi connectivity index (χ0n) is 9.40. The molecule has 2 heterocycles. The molecule has 0 saturated heterocycles. The third-order valence-electron chi connectivity index (χ3n) is 2.95. The Bertz CT molecular complexity index is 622. The molecule has 3 rings (SSSR count). The van der Waals surface area contributed by atoms with Crippen LogP contribution in [0.2, 0.25) is 0 Å². The van der Waals surface area contributed by atoms with Gasteiger partial charge in [0.2, 0.25) is 0 Å². The molecular weight excluding hydrogens is 212 g/mol. The van der Waals surface area contributed by atoms with Gasteiger partial charge < -0.3 is 15.7 Å². The summed E-state index contributed by atoms with van der Waals surface area (Å²) in [4.78, 5) is 10.6. The molecular formula is C13H14N4. The minimum absolute atomic E-state index is 0.665. The minimum atomic E-state index is 0.665. The number of hydrogen-bond donors (Lipinski definition) is 3. The number of rotatable bonds is 3. The van der Waals surface area contributed by atoms with Gasteiger partial charge in [-0.15, -0.1) is 0 Å². The standard InChI is InChI=1S/C13H14N4/c14-4-3-10-8-17-12-2-1-9(7-11(10)12)13-15-5-6-16-13/h1-2,5-8,17H,3-4,14H2,(H,15,16). The van der Waals surface area contributed by atoms with Gasteiger partial charge in [0.25, 0.3) is 0 Å². The van der Waals surface area contributed by atoms with Gasteiger partial charge in [0.05, 0.1) is 0 Å². The van der Waals surface area contributed by atoms with E-state index in [0.29, 0.717) is 6.54 Å². The second-order valence-corrected chi connectivity index (χ2v) is 4.05. The van der Waals surface area contributed by atoms with Crippen LogP contribution in [-0.4, -0.2) is 21.5 Å². The summed E-state index contributed by atoms with van der Waals surface area (Å²) < 4.78 is 0. The molecule has 0 amide bonds. The maximum absolute atomic E-state index is 5.61. The highest BCUT2D eigenvalue weighted by Crippen LogP contribution is 2.24. The molecule has 0 fully saturated rings. The number of imidazole rings is 1. The van der Waals surface area contributed by atoms with E-state index in [1.54, 1.807) is 6.20 Å². The highest BCUT2D eigenvalue weighted by atomic mass is 14.9. The molecule has 86 valence electrons. The molecule has 0 atom stereocenters. The number of benzene rings is 1. The summed E-state index contributed by atoms with van der Waals surface area (Å²) >= 11 is 0. The largest absolute Gasteiger partial charge is 0.361 e. The van der Waals surface area contributed by atoms with Gasteiger partial charge in [0.1, 0.15) is 5.82 Å². The summed E-state index contributed by atoms with van der Waals surface area (Å²) in [6, 6.07) is 6.28. The first kappa shape index (κ1) is 10.1. The van der Waals surface area contributed by atoms with Crippen molar-refractivity contribution in [2.45, 2.75) is 6.42 Å². The number of nitrogens with zero attached hydrogens (tertiary/aromatic N) is 1. The van der Waals surface area contributed by atoms with Crippen molar-refractivity contribution in [3.8, 4) is 11.4 Å². The van der Waals surface area contributed by atoms with E-state index in [9.17, 15) is 0 Å². The summed E-state index contributed by atoms with van der Waals surface area (Å²) in [6.45, 7) is 0.665. The van der Waals surface area contributed by atoms with Crippen LogP contribution < -0.4 is 5.73 Å². The number of nitrogens with two attached hydrogens (primary N) is 1. The molecule has 0 aliphatic carbocycles. The van der Waals surface area contributed by atoms with Crippen molar-refractivity contribution in [2.75, 3.05) is 6.54 Å². The number of fused-ring (bicyclic) bond motifs is 1. The van der Waals surface area contributed by atoms with Crippen molar-refractivity contribution >= 4 is 10.9 Å². The predicted octanol–water partition coefficient (Wildman–Crippen LogP) is 2.06. The molecule has 0 unspecified atom stereocenters. The van der Waals surface area contributed by atoms with Gasteiger partial charge >= 0.3 is 0 Å². The Balaban J connectivity index is 2.13. The summed E-state index contributed by atoms with van der Waals surface area (Å²) in [7, 11) is 0. The summed E-state index contributed by atoms with van der Waals surface area (Å²) in [6.07, 6.45) is 6.51. The fourth-order valence-electron chi connectivity index (χ4n) is 2.11. The number of hydrogen-bond acceptors (Lipinski definition) is 2. The van der Waals surface area contributed by atoms with E-state index in [1.165, 1.54) is 10.9 Å². The fraction of sp³-hybridized carbons (Fsp3) is 0.154. The molecule has 4 heteroatoms. The van der Waals surface area contributed by atoms with Crippen molar-refractivity contribution in [3.63, 3.8) is 0 Å². The zero-order valence-corrected chi connectivity index (χ0v) is 9.40. The van der Waals surface area contributed by atoms with Crippen molar-refractivity contribution < 1.29 is 0 Å². The van der Waals surface area contributed by atoms with Crippen molar-refractivity contribution in [3.05, 3.63) is 42.4 Å². The van der Waals surface area contributed by atoms with Gasteiger partial charge in [-0.2, -0.15) is 0 Å². The van der Waals surface area contributed by atoms with Crippen LogP contribution >= 0.6 is 0 Å². The second kappa shape index (κ2) is 4.07. The van der Waals surface area contributed by atoms with E-state index in [1.807, 2.05) is 12.4 Å². The van der Waals surface area contributed by atoms with Crippen LogP contribution in [-0.2, 0) is 6.42 Å². The maximum Gasteiger partial charge on any atom is 0.137 e. The van der Waals surface area contributed by atoms with Crippen molar-refractivity contribution in [2.24, 2.45) is 5.73 Å². The lowest BCUT2D eigenvalue weighted by atomic mass is 10.1. The van der Waals surface area contributed by atoms with E-state index in [0.717, 1.165) is 23.3 Å². The Morgan fingerprint density at radius 2 is 2.18 bits per heavy atom. The second-order valence-electron chi connectivity index (χ2n) is 4.05. The highest BCUT2D eigenvalue weighted by Gasteiger charge is 2.06. The Morgan fingerprint density at radius 3 is 2.94 bits per heavy atom. The molecule has 3 aromatic rings. The van der Waals surface area contributed by atoms with Gasteiger partial charge in [0, 0.05) is 35.1 Å². The van der Waals surface area contributed by atoms with E-state index < -0.39 is 0 Å². The van der Waals surface area contributed by atoms with Crippen LogP contribution in [0.4, 0.5) is 0 Å². The lowest BCUT2D eigenvalue weighted by molar-refractivity contribution is 0.976. The maximum atomic E-state index is 5.61. The van der Waals surface area contributed by atoms with Gasteiger partial charge in [-0.1, -0.05) is 0 Å². The van der Waals surface area contributed by atoms with Gasteiger partial charge in [-0.3, -0.25) is 0 Å². The Labute approximate surface area is 98.9 Å². The average Bonchev–Trinajstić information content (AvgIpc) is 2.98. The lowest BCUT2D eigenvalue weighted by Crippen LogP contribution is -2.01. The SMILES string of the molecule is NCCc1c[nH]c2ccc(-c3ncc[nH]3)cc12. The molecule has 0 spiro atoms. The van der Waals surface area contributed by atoms with E-state index in [-0.39, 0.29) is 0 Å². The third-order valence-corrected chi connectivity index (χ3v) is 2.95. The van der Waals surface area contributed by atoms with E-state index >= 15 is 0 Å². The molecule has 0 radical (unpaired) electrons. The third kappa shape index (κ3) is 1.72. The Kier molecular flexibility index (Phi) is 2.42. The van der Waals surface area contributed by atoms with Crippen molar-refractivity contribution in [1.82, 2.24) is 15.0 Å². The smallest absolute Gasteiger partial charge is 0.137 e. The summed E-state index contributed by atoms with van der Waals surface area (Å²) in [5.41, 5.74) is 9.11. The quantitative estimate of drug-likeness (QED) is 0.639. The minimum Gasteiger partial charge on any atom is -0.361 e. The number of aromatic nitrogens is 3. The number of aromatic amines is 2. The van der Waals surface area contributed by atoms with Crippen LogP contribution in [0, 0.1) is 0 Å². The normalized spacial score (nSPS) is 11.1. The zero-order chi connectivity index (χ0) is 11.7. The van der Waals surface area contributed by atoms with Crippen LogP contribution in [0.1, 0.15) is 5.56 Å². The molecule has 4 nitrogen and oxygen atoms in total. The molecule has 2 aromatic heterocycles. The first-order chi connectivity index (χ1) is 8.38. The number of nitrogens with one attached hydrogen (secondary N) is 2. The molecule has 0 aliphatic rings. The summed E-state index contributed by atoms with van der Waals surface area (Å²) in [5, 5.41) is 1.23. The molecule has 4 N–H and O–H groups in total.